The minimum atomic E-state index is 0.799. The van der Waals surface area contributed by atoms with Gasteiger partial charge in [0.2, 0.25) is 0 Å². The zero-order chi connectivity index (χ0) is 32.6. The molecule has 0 N–H and O–H groups in total. The van der Waals surface area contributed by atoms with Crippen LogP contribution in [0.5, 0.6) is 0 Å². The van der Waals surface area contributed by atoms with Crippen molar-refractivity contribution in [2.45, 2.75) is 226 Å². The van der Waals surface area contributed by atoms with Gasteiger partial charge < -0.3 is 8.97 Å². The lowest BCUT2D eigenvalue weighted by atomic mass is 10.0. The molecule has 0 saturated carbocycles. The third-order valence-electron chi connectivity index (χ3n) is 11.0. The van der Waals surface area contributed by atoms with E-state index in [4.69, 9.17) is 0 Å². The van der Waals surface area contributed by atoms with Crippen LogP contribution < -0.4 is 0 Å². The Morgan fingerprint density at radius 3 is 0.909 bits per heavy atom. The smallest absolute Gasteiger partial charge is 0.138 e. The summed E-state index contributed by atoms with van der Waals surface area (Å²) in [6, 6.07) is 0.799. The zero-order valence-electron chi connectivity index (χ0n) is 32.5. The lowest BCUT2D eigenvalue weighted by Crippen LogP contribution is -2.57. The molecule has 0 aromatic heterocycles. The van der Waals surface area contributed by atoms with Crippen molar-refractivity contribution in [3.05, 3.63) is 0 Å². The van der Waals surface area contributed by atoms with Crippen molar-refractivity contribution in [3.63, 3.8) is 0 Å². The quantitative estimate of drug-likeness (QED) is 0.0481. The van der Waals surface area contributed by atoms with Gasteiger partial charge in [-0.15, -0.1) is 0 Å². The lowest BCUT2D eigenvalue weighted by molar-refractivity contribution is -0.964. The molecule has 1 atom stereocenters. The largest absolute Gasteiger partial charge is 0.324 e. The normalized spacial score (nSPS) is 13.2. The molecule has 0 aliphatic rings. The topological polar surface area (TPSA) is 0 Å². The molecule has 0 fully saturated rings. The van der Waals surface area contributed by atoms with Gasteiger partial charge in [-0.25, -0.2) is 0 Å². The molecule has 1 unspecified atom stereocenters. The lowest BCUT2D eigenvalue weighted by Gasteiger charge is -2.42. The maximum atomic E-state index is 2.51. The Morgan fingerprint density at radius 1 is 0.341 bits per heavy atom. The van der Waals surface area contributed by atoms with Crippen molar-refractivity contribution in [2.75, 3.05) is 47.8 Å². The second-order valence-electron chi connectivity index (χ2n) is 16.3. The molecule has 0 spiro atoms. The number of quaternary nitrogens is 2. The van der Waals surface area contributed by atoms with E-state index in [9.17, 15) is 0 Å². The van der Waals surface area contributed by atoms with Gasteiger partial charge in [0.25, 0.3) is 0 Å². The molecular formula is C42H90N2+2. The number of likely N-dealkylation sites (N-methyl/N-ethyl adjacent to an activating group) is 2. The molecular weight excluding hydrogens is 532 g/mol. The van der Waals surface area contributed by atoms with Crippen molar-refractivity contribution in [2.24, 2.45) is 0 Å². The van der Waals surface area contributed by atoms with Crippen molar-refractivity contribution >= 4 is 0 Å². The first-order chi connectivity index (χ1) is 21.3. The summed E-state index contributed by atoms with van der Waals surface area (Å²) in [6.07, 6.45) is 45.1. The zero-order valence-corrected chi connectivity index (χ0v) is 32.5. The van der Waals surface area contributed by atoms with E-state index in [1.807, 2.05) is 0 Å². The van der Waals surface area contributed by atoms with Crippen LogP contribution in [0.3, 0.4) is 0 Å². The van der Waals surface area contributed by atoms with E-state index in [1.165, 1.54) is 228 Å². The van der Waals surface area contributed by atoms with E-state index < -0.39 is 0 Å². The van der Waals surface area contributed by atoms with Gasteiger partial charge in [-0.1, -0.05) is 187 Å². The summed E-state index contributed by atoms with van der Waals surface area (Å²) >= 11 is 0. The van der Waals surface area contributed by atoms with E-state index in [0.29, 0.717) is 0 Å². The van der Waals surface area contributed by atoms with Gasteiger partial charge in [0, 0.05) is 6.42 Å². The Balaban J connectivity index is 3.87. The molecule has 0 rings (SSSR count). The van der Waals surface area contributed by atoms with Gasteiger partial charge in [0.1, 0.15) is 12.6 Å². The van der Waals surface area contributed by atoms with Crippen LogP contribution in [0, 0.1) is 0 Å². The summed E-state index contributed by atoms with van der Waals surface area (Å²) in [6.45, 7) is 11.0. The van der Waals surface area contributed by atoms with Gasteiger partial charge >= 0.3 is 0 Å². The second kappa shape index (κ2) is 31.5. The van der Waals surface area contributed by atoms with Crippen molar-refractivity contribution in [1.82, 2.24) is 0 Å². The maximum absolute atomic E-state index is 2.51. The predicted octanol–water partition coefficient (Wildman–Crippen LogP) is 13.7. The molecule has 0 aromatic carbocycles. The van der Waals surface area contributed by atoms with Crippen LogP contribution >= 0.6 is 0 Å². The minimum absolute atomic E-state index is 0.799. The van der Waals surface area contributed by atoms with Crippen LogP contribution in [0.4, 0.5) is 0 Å². The highest BCUT2D eigenvalue weighted by atomic mass is 15.4. The highest BCUT2D eigenvalue weighted by Gasteiger charge is 2.32. The Bertz CT molecular complexity index is 554. The summed E-state index contributed by atoms with van der Waals surface area (Å²) in [5.41, 5.74) is 0. The molecule has 0 aliphatic heterocycles. The summed E-state index contributed by atoms with van der Waals surface area (Å²) in [5, 5.41) is 0. The predicted molar refractivity (Wildman–Crippen MR) is 203 cm³/mol. The monoisotopic (exact) mass is 623 g/mol. The maximum Gasteiger partial charge on any atom is 0.138 e. The molecule has 0 aliphatic carbocycles. The van der Waals surface area contributed by atoms with Crippen molar-refractivity contribution < 1.29 is 8.97 Å². The Morgan fingerprint density at radius 2 is 0.614 bits per heavy atom. The fourth-order valence-electron chi connectivity index (χ4n) is 7.24. The van der Waals surface area contributed by atoms with Gasteiger partial charge in [-0.05, 0) is 26.2 Å². The van der Waals surface area contributed by atoms with Crippen LogP contribution in [-0.4, -0.2) is 62.8 Å². The molecule has 0 amide bonds. The molecule has 2 nitrogen and oxygen atoms in total. The third-order valence-corrected chi connectivity index (χ3v) is 11.0. The number of rotatable bonds is 36. The third kappa shape index (κ3) is 29.3. The molecule has 0 aromatic rings. The van der Waals surface area contributed by atoms with Gasteiger partial charge in [-0.3, -0.25) is 0 Å². The van der Waals surface area contributed by atoms with Gasteiger partial charge in [-0.2, -0.15) is 0 Å². The van der Waals surface area contributed by atoms with E-state index in [1.54, 1.807) is 0 Å². The number of unbranched alkanes of at least 4 members (excludes halogenated alkanes) is 28. The van der Waals surface area contributed by atoms with Crippen LogP contribution in [0.1, 0.15) is 220 Å². The van der Waals surface area contributed by atoms with E-state index >= 15 is 0 Å². The number of hydrogen-bond donors (Lipinski definition) is 0. The first-order valence-electron chi connectivity index (χ1n) is 20.9. The van der Waals surface area contributed by atoms with Gasteiger partial charge in [0.15, 0.2) is 0 Å². The van der Waals surface area contributed by atoms with E-state index in [-0.39, 0.29) is 0 Å². The van der Waals surface area contributed by atoms with Crippen LogP contribution in [0.15, 0.2) is 0 Å². The average Bonchev–Trinajstić information content (AvgIpc) is 3.00. The molecule has 2 heteroatoms. The van der Waals surface area contributed by atoms with Crippen LogP contribution in [0.25, 0.3) is 0 Å². The molecule has 266 valence electrons. The summed E-state index contributed by atoms with van der Waals surface area (Å²) in [7, 11) is 10.0. The standard InChI is InChI=1S/C42H90N2/c1-8-11-13-15-17-19-21-23-25-26-28-30-32-34-36-38-40-43(4,5)41-42(44(6,7)10-3)39-37-35-33-31-29-27-24-22-20-18-16-14-12-9-2/h42H,8-41H2,1-7H3/q+2. The molecule has 0 radical (unpaired) electrons. The highest BCUT2D eigenvalue weighted by molar-refractivity contribution is 4.61. The molecule has 0 bridgehead atoms. The first-order valence-corrected chi connectivity index (χ1v) is 20.9. The SMILES string of the molecule is CCCCCCCCCCCCCCCCCC[N+](C)(C)CC(CCCCCCCCCCCCCCCC)[N+](C)(C)CC. The summed E-state index contributed by atoms with van der Waals surface area (Å²) in [4.78, 5) is 0. The molecule has 0 saturated heterocycles. The fraction of sp³-hybridized carbons (Fsp3) is 1.00. The van der Waals surface area contributed by atoms with Crippen LogP contribution in [-0.2, 0) is 0 Å². The first kappa shape index (κ1) is 43.9. The number of hydrogen-bond acceptors (Lipinski definition) is 0. The minimum Gasteiger partial charge on any atom is -0.324 e. The Labute approximate surface area is 282 Å². The van der Waals surface area contributed by atoms with E-state index in [2.05, 4.69) is 49.0 Å². The summed E-state index contributed by atoms with van der Waals surface area (Å²) < 4.78 is 2.41. The fourth-order valence-corrected chi connectivity index (χ4v) is 7.24. The van der Waals surface area contributed by atoms with Gasteiger partial charge in [0.05, 0.1) is 41.3 Å². The van der Waals surface area contributed by atoms with Crippen molar-refractivity contribution in [1.29, 1.82) is 0 Å². The average molecular weight is 623 g/mol. The van der Waals surface area contributed by atoms with Crippen molar-refractivity contribution in [3.8, 4) is 0 Å². The Hall–Kier alpha value is -0.0800. The Kier molecular flexibility index (Phi) is 31.5. The summed E-state index contributed by atoms with van der Waals surface area (Å²) in [5.74, 6) is 0. The molecule has 44 heavy (non-hydrogen) atoms. The highest BCUT2D eigenvalue weighted by Crippen LogP contribution is 2.21. The number of nitrogens with zero attached hydrogens (tertiary/aromatic N) is 2. The van der Waals surface area contributed by atoms with Crippen LogP contribution in [0.2, 0.25) is 0 Å². The van der Waals surface area contributed by atoms with E-state index in [0.717, 1.165) is 6.04 Å². The second-order valence-corrected chi connectivity index (χ2v) is 16.3. The molecule has 0 heterocycles.